The third-order valence-corrected chi connectivity index (χ3v) is 5.73. The summed E-state index contributed by atoms with van der Waals surface area (Å²) in [6, 6.07) is 23.3. The van der Waals surface area contributed by atoms with E-state index in [9.17, 15) is 10.1 Å². The molecule has 3 heterocycles. The molecule has 6 heteroatoms. The minimum Gasteiger partial charge on any atom is -0.491 e. The number of amides is 1. The van der Waals surface area contributed by atoms with Crippen LogP contribution in [0, 0.1) is 11.3 Å². The number of nitrogens with zero attached hydrogens (tertiary/aromatic N) is 3. The molecule has 0 saturated heterocycles. The fourth-order valence-corrected chi connectivity index (χ4v) is 3.82. The van der Waals surface area contributed by atoms with Gasteiger partial charge < -0.3 is 10.1 Å². The van der Waals surface area contributed by atoms with Crippen LogP contribution >= 0.6 is 0 Å². The summed E-state index contributed by atoms with van der Waals surface area (Å²) in [5.41, 5.74) is 3.97. The summed E-state index contributed by atoms with van der Waals surface area (Å²) in [4.78, 5) is 22.0. The number of fused-ring (bicyclic) bond motifs is 2. The molecule has 1 aliphatic heterocycles. The molecule has 2 aromatic carbocycles. The predicted molar refractivity (Wildman–Crippen MR) is 121 cm³/mol. The van der Waals surface area contributed by atoms with Crippen molar-refractivity contribution in [1.82, 2.24) is 15.3 Å². The van der Waals surface area contributed by atoms with Crippen molar-refractivity contribution in [3.63, 3.8) is 0 Å². The van der Waals surface area contributed by atoms with Crippen molar-refractivity contribution in [2.24, 2.45) is 0 Å². The van der Waals surface area contributed by atoms with Crippen molar-refractivity contribution in [3.8, 4) is 23.1 Å². The first kappa shape index (κ1) is 19.7. The lowest BCUT2D eigenvalue weighted by Gasteiger charge is -2.13. The van der Waals surface area contributed by atoms with Crippen LogP contribution in [0.3, 0.4) is 0 Å². The Bertz CT molecular complexity index is 1380. The van der Waals surface area contributed by atoms with E-state index >= 15 is 0 Å². The monoisotopic (exact) mass is 420 g/mol. The second kappa shape index (κ2) is 7.78. The number of benzene rings is 2. The molecule has 1 aliphatic rings. The minimum absolute atomic E-state index is 0.229. The van der Waals surface area contributed by atoms with E-state index in [1.54, 1.807) is 24.4 Å². The van der Waals surface area contributed by atoms with Crippen LogP contribution in [-0.2, 0) is 12.0 Å². The number of nitrogens with one attached hydrogen (secondary N) is 1. The molecule has 2 aromatic heterocycles. The SMILES string of the molecule is C[C@@]1(C#N)COc2ccc(C(=O)NCc3cc4nc(-c5ccccc5)ccc4cn3)cc21. The minimum atomic E-state index is -0.742. The van der Waals surface area contributed by atoms with Gasteiger partial charge in [-0.1, -0.05) is 30.3 Å². The van der Waals surface area contributed by atoms with Gasteiger partial charge >= 0.3 is 0 Å². The molecule has 1 atom stereocenters. The average molecular weight is 420 g/mol. The van der Waals surface area contributed by atoms with E-state index in [0.717, 1.165) is 33.4 Å². The first-order chi connectivity index (χ1) is 15.6. The standard InChI is InChI=1S/C26H20N4O2/c1-26(15-27)16-32-24-10-8-18(11-21(24)26)25(31)29-14-20-12-23-19(13-28-20)7-9-22(30-23)17-5-3-2-4-6-17/h2-13H,14,16H2,1H3,(H,29,31)/t26-/m1/s1. The van der Waals surface area contributed by atoms with Gasteiger partial charge in [0.1, 0.15) is 17.8 Å². The number of hydrogen-bond acceptors (Lipinski definition) is 5. The third-order valence-electron chi connectivity index (χ3n) is 5.73. The lowest BCUT2D eigenvalue weighted by Crippen LogP contribution is -2.24. The smallest absolute Gasteiger partial charge is 0.251 e. The first-order valence-electron chi connectivity index (χ1n) is 10.3. The first-order valence-corrected chi connectivity index (χ1v) is 10.3. The van der Waals surface area contributed by atoms with Gasteiger partial charge in [-0.25, -0.2) is 4.98 Å². The highest BCUT2D eigenvalue weighted by molar-refractivity contribution is 5.94. The molecule has 5 rings (SSSR count). The molecule has 6 nitrogen and oxygen atoms in total. The Morgan fingerprint density at radius 3 is 2.81 bits per heavy atom. The number of carbonyl (C=O) groups is 1. The van der Waals surface area contributed by atoms with Crippen molar-refractivity contribution in [1.29, 1.82) is 5.26 Å². The van der Waals surface area contributed by atoms with E-state index in [0.29, 0.717) is 17.9 Å². The van der Waals surface area contributed by atoms with E-state index in [4.69, 9.17) is 9.72 Å². The van der Waals surface area contributed by atoms with Gasteiger partial charge in [0.25, 0.3) is 5.91 Å². The number of ether oxygens (including phenoxy) is 1. The molecule has 0 spiro atoms. The number of pyridine rings is 2. The molecule has 0 saturated carbocycles. The lowest BCUT2D eigenvalue weighted by molar-refractivity contribution is 0.0950. The molecule has 4 aromatic rings. The van der Waals surface area contributed by atoms with Gasteiger partial charge in [0, 0.05) is 28.3 Å². The van der Waals surface area contributed by atoms with Crippen molar-refractivity contribution in [2.45, 2.75) is 18.9 Å². The zero-order valence-corrected chi connectivity index (χ0v) is 17.5. The summed E-state index contributed by atoms with van der Waals surface area (Å²) in [7, 11) is 0. The lowest BCUT2D eigenvalue weighted by atomic mass is 9.85. The second-order valence-electron chi connectivity index (χ2n) is 8.06. The topological polar surface area (TPSA) is 87.9 Å². The van der Waals surface area contributed by atoms with Crippen LogP contribution in [0.5, 0.6) is 5.75 Å². The van der Waals surface area contributed by atoms with Crippen molar-refractivity contribution < 1.29 is 9.53 Å². The van der Waals surface area contributed by atoms with Crippen LogP contribution in [0.15, 0.2) is 72.9 Å². The molecule has 156 valence electrons. The average Bonchev–Trinajstić information content (AvgIpc) is 3.19. The highest BCUT2D eigenvalue weighted by Gasteiger charge is 2.37. The third kappa shape index (κ3) is 3.54. The van der Waals surface area contributed by atoms with Crippen LogP contribution in [0.2, 0.25) is 0 Å². The van der Waals surface area contributed by atoms with E-state index in [2.05, 4.69) is 16.4 Å². The Kier molecular flexibility index (Phi) is 4.79. The maximum absolute atomic E-state index is 12.7. The van der Waals surface area contributed by atoms with E-state index in [-0.39, 0.29) is 12.5 Å². The van der Waals surface area contributed by atoms with E-state index in [1.165, 1.54) is 0 Å². The molecule has 32 heavy (non-hydrogen) atoms. The highest BCUT2D eigenvalue weighted by atomic mass is 16.5. The molecule has 1 N–H and O–H groups in total. The van der Waals surface area contributed by atoms with Crippen LogP contribution in [0.25, 0.3) is 22.2 Å². The Labute approximate surface area is 185 Å². The number of carbonyl (C=O) groups excluding carboxylic acids is 1. The van der Waals surface area contributed by atoms with Crippen molar-refractivity contribution in [3.05, 3.63) is 89.7 Å². The normalized spacial score (nSPS) is 16.8. The van der Waals surface area contributed by atoms with Gasteiger partial charge in [0.05, 0.1) is 29.5 Å². The summed E-state index contributed by atoms with van der Waals surface area (Å²) in [6.07, 6.45) is 1.77. The van der Waals surface area contributed by atoms with E-state index in [1.807, 2.05) is 55.5 Å². The van der Waals surface area contributed by atoms with E-state index < -0.39 is 5.41 Å². The Morgan fingerprint density at radius 2 is 2.00 bits per heavy atom. The van der Waals surface area contributed by atoms with Crippen LogP contribution in [0.1, 0.15) is 28.5 Å². The molecule has 0 radical (unpaired) electrons. The van der Waals surface area contributed by atoms with Gasteiger partial charge in [0.15, 0.2) is 0 Å². The molecule has 0 aliphatic carbocycles. The number of nitriles is 1. The Morgan fingerprint density at radius 1 is 1.16 bits per heavy atom. The molecule has 0 unspecified atom stereocenters. The fraction of sp³-hybridized carbons (Fsp3) is 0.154. The number of hydrogen-bond donors (Lipinski definition) is 1. The van der Waals surface area contributed by atoms with Gasteiger partial charge in [-0.3, -0.25) is 9.78 Å². The largest absolute Gasteiger partial charge is 0.491 e. The maximum Gasteiger partial charge on any atom is 0.251 e. The molecular formula is C26H20N4O2. The Hall–Kier alpha value is -4.24. The number of aromatic nitrogens is 2. The zero-order chi connectivity index (χ0) is 22.1. The summed E-state index contributed by atoms with van der Waals surface area (Å²) >= 11 is 0. The van der Waals surface area contributed by atoms with Gasteiger partial charge in [0.2, 0.25) is 0 Å². The Balaban J connectivity index is 1.35. The molecule has 1 amide bonds. The maximum atomic E-state index is 12.7. The predicted octanol–water partition coefficient (Wildman–Crippen LogP) is 4.40. The van der Waals surface area contributed by atoms with Gasteiger partial charge in [-0.05, 0) is 43.3 Å². The van der Waals surface area contributed by atoms with Crippen molar-refractivity contribution >= 4 is 16.8 Å². The summed E-state index contributed by atoms with van der Waals surface area (Å²) in [6.45, 7) is 2.38. The molecular weight excluding hydrogens is 400 g/mol. The molecule has 0 fully saturated rings. The van der Waals surface area contributed by atoms with Gasteiger partial charge in [-0.2, -0.15) is 5.26 Å². The highest BCUT2D eigenvalue weighted by Crippen LogP contribution is 2.38. The second-order valence-corrected chi connectivity index (χ2v) is 8.06. The zero-order valence-electron chi connectivity index (χ0n) is 17.5. The quantitative estimate of drug-likeness (QED) is 0.529. The summed E-state index contributed by atoms with van der Waals surface area (Å²) in [5.74, 6) is 0.426. The van der Waals surface area contributed by atoms with Gasteiger partial charge in [-0.15, -0.1) is 0 Å². The van der Waals surface area contributed by atoms with Crippen LogP contribution in [-0.4, -0.2) is 22.5 Å². The van der Waals surface area contributed by atoms with Crippen LogP contribution < -0.4 is 10.1 Å². The fourth-order valence-electron chi connectivity index (χ4n) is 3.82. The molecule has 0 bridgehead atoms. The summed E-state index contributed by atoms with van der Waals surface area (Å²) in [5, 5.41) is 13.3. The van der Waals surface area contributed by atoms with Crippen molar-refractivity contribution in [2.75, 3.05) is 6.61 Å². The van der Waals surface area contributed by atoms with Crippen LogP contribution in [0.4, 0.5) is 0 Å². The summed E-state index contributed by atoms with van der Waals surface area (Å²) < 4.78 is 5.58. The number of rotatable bonds is 4.